The van der Waals surface area contributed by atoms with Gasteiger partial charge in [-0.2, -0.15) is 0 Å². The number of hydrogen-bond donors (Lipinski definition) is 0. The molecule has 0 amide bonds. The van der Waals surface area contributed by atoms with Crippen molar-refractivity contribution in [1.82, 2.24) is 0 Å². The number of hydrogen-bond acceptors (Lipinski definition) is 3. The Morgan fingerprint density at radius 1 is 1.30 bits per heavy atom. The molecule has 0 radical (unpaired) electrons. The van der Waals surface area contributed by atoms with E-state index in [1.807, 2.05) is 6.07 Å². The van der Waals surface area contributed by atoms with Gasteiger partial charge in [-0.3, -0.25) is 10.1 Å². The van der Waals surface area contributed by atoms with Gasteiger partial charge in [0.25, 0.3) is 5.69 Å². The average Bonchev–Trinajstić information content (AvgIpc) is 2.42. The smallest absolute Gasteiger partial charge is 0.276 e. The van der Waals surface area contributed by atoms with E-state index in [1.54, 1.807) is 31.2 Å². The Kier molecular flexibility index (Phi) is 4.62. The zero-order valence-electron chi connectivity index (χ0n) is 10.6. The van der Waals surface area contributed by atoms with Gasteiger partial charge < -0.3 is 4.74 Å². The van der Waals surface area contributed by atoms with Crippen molar-refractivity contribution >= 4 is 33.2 Å². The third-order valence-corrected chi connectivity index (χ3v) is 3.77. The summed E-state index contributed by atoms with van der Waals surface area (Å²) in [5.74, 6) is 0.896. The van der Waals surface area contributed by atoms with Gasteiger partial charge in [-0.05, 0) is 30.7 Å². The number of ether oxygens (including phenoxy) is 1. The Morgan fingerprint density at radius 2 is 2.05 bits per heavy atom. The van der Waals surface area contributed by atoms with Gasteiger partial charge in [-0.25, -0.2) is 0 Å². The fourth-order valence-electron chi connectivity index (χ4n) is 1.74. The summed E-state index contributed by atoms with van der Waals surface area (Å²) in [5.41, 5.74) is 1.52. The van der Waals surface area contributed by atoms with Crippen molar-refractivity contribution in [3.05, 3.63) is 62.7 Å². The number of rotatable bonds is 4. The van der Waals surface area contributed by atoms with Gasteiger partial charge in [0.05, 0.1) is 15.5 Å². The van der Waals surface area contributed by atoms with E-state index in [4.69, 9.17) is 16.3 Å². The van der Waals surface area contributed by atoms with E-state index in [9.17, 15) is 10.1 Å². The van der Waals surface area contributed by atoms with Crippen molar-refractivity contribution in [3.8, 4) is 11.5 Å². The van der Waals surface area contributed by atoms with Crippen LogP contribution in [0.25, 0.3) is 0 Å². The molecule has 6 heteroatoms. The van der Waals surface area contributed by atoms with Crippen molar-refractivity contribution in [2.45, 2.75) is 12.3 Å². The number of nitrogens with zero attached hydrogens (tertiary/aromatic N) is 1. The summed E-state index contributed by atoms with van der Waals surface area (Å²) in [6.45, 7) is 1.65. The second-order valence-corrected chi connectivity index (χ2v) is 5.13. The third-order valence-electron chi connectivity index (χ3n) is 2.82. The van der Waals surface area contributed by atoms with Gasteiger partial charge in [0, 0.05) is 11.4 Å². The minimum absolute atomic E-state index is 0.0238. The highest BCUT2D eigenvalue weighted by Crippen LogP contribution is 2.34. The molecule has 0 N–H and O–H groups in total. The summed E-state index contributed by atoms with van der Waals surface area (Å²) in [7, 11) is 0. The third kappa shape index (κ3) is 3.11. The molecule has 0 aromatic heterocycles. The predicted octanol–water partition coefficient (Wildman–Crippen LogP) is 5.24. The fraction of sp³-hybridized carbons (Fsp3) is 0.143. The molecule has 2 aromatic rings. The lowest BCUT2D eigenvalue weighted by Crippen LogP contribution is -1.95. The Balaban J connectivity index is 2.35. The molecule has 4 nitrogen and oxygen atoms in total. The van der Waals surface area contributed by atoms with Crippen LogP contribution in [-0.2, 0) is 5.33 Å². The molecular weight excluding hydrogens is 346 g/mol. The molecule has 0 aliphatic heterocycles. The van der Waals surface area contributed by atoms with Crippen LogP contribution in [0.1, 0.15) is 11.1 Å². The van der Waals surface area contributed by atoms with E-state index in [2.05, 4.69) is 15.9 Å². The minimum atomic E-state index is -0.433. The maximum Gasteiger partial charge on any atom is 0.276 e. The highest BCUT2D eigenvalue weighted by Gasteiger charge is 2.15. The molecule has 0 unspecified atom stereocenters. The van der Waals surface area contributed by atoms with E-state index < -0.39 is 4.92 Å². The molecule has 2 aromatic carbocycles. The summed E-state index contributed by atoms with van der Waals surface area (Å²) in [6, 6.07) is 10.1. The molecule has 0 fully saturated rings. The first-order valence-electron chi connectivity index (χ1n) is 5.79. The Bertz CT molecular complexity index is 661. The predicted molar refractivity (Wildman–Crippen MR) is 82.0 cm³/mol. The second-order valence-electron chi connectivity index (χ2n) is 4.16. The standard InChI is InChI=1S/C14H11BrClNO3/c1-9-12(17(18)19)3-2-4-13(9)20-14-6-5-10(8-15)7-11(14)16/h2-7H,8H2,1H3. The van der Waals surface area contributed by atoms with Crippen LogP contribution in [0.5, 0.6) is 11.5 Å². The first kappa shape index (κ1) is 14.8. The largest absolute Gasteiger partial charge is 0.455 e. The van der Waals surface area contributed by atoms with Crippen molar-refractivity contribution in [2.75, 3.05) is 0 Å². The van der Waals surface area contributed by atoms with Gasteiger partial charge in [-0.1, -0.05) is 39.7 Å². The molecule has 0 bridgehead atoms. The monoisotopic (exact) mass is 355 g/mol. The number of nitro benzene ring substituents is 1. The zero-order valence-corrected chi connectivity index (χ0v) is 12.9. The highest BCUT2D eigenvalue weighted by atomic mass is 79.9. The van der Waals surface area contributed by atoms with Crippen LogP contribution in [0.2, 0.25) is 5.02 Å². The molecule has 0 saturated heterocycles. The van der Waals surface area contributed by atoms with Crippen LogP contribution >= 0.6 is 27.5 Å². The molecule has 0 spiro atoms. The fourth-order valence-corrected chi connectivity index (χ4v) is 2.33. The summed E-state index contributed by atoms with van der Waals surface area (Å²) in [6.07, 6.45) is 0. The van der Waals surface area contributed by atoms with Gasteiger partial charge >= 0.3 is 0 Å². The minimum Gasteiger partial charge on any atom is -0.455 e. The van der Waals surface area contributed by atoms with Gasteiger partial charge in [0.15, 0.2) is 0 Å². The molecule has 0 aliphatic rings. The molecule has 20 heavy (non-hydrogen) atoms. The first-order valence-corrected chi connectivity index (χ1v) is 7.29. The summed E-state index contributed by atoms with van der Waals surface area (Å²) >= 11 is 9.48. The number of benzene rings is 2. The van der Waals surface area contributed by atoms with Crippen molar-refractivity contribution in [2.24, 2.45) is 0 Å². The number of alkyl halides is 1. The maximum absolute atomic E-state index is 10.9. The van der Waals surface area contributed by atoms with E-state index >= 15 is 0 Å². The van der Waals surface area contributed by atoms with Crippen molar-refractivity contribution in [1.29, 1.82) is 0 Å². The average molecular weight is 357 g/mol. The van der Waals surface area contributed by atoms with Gasteiger partial charge in [-0.15, -0.1) is 0 Å². The molecule has 104 valence electrons. The zero-order chi connectivity index (χ0) is 14.7. The Hall–Kier alpha value is -1.59. The highest BCUT2D eigenvalue weighted by molar-refractivity contribution is 9.08. The summed E-state index contributed by atoms with van der Waals surface area (Å²) in [4.78, 5) is 10.5. The van der Waals surface area contributed by atoms with Gasteiger partial charge in [0.1, 0.15) is 11.5 Å². The number of nitro groups is 1. The lowest BCUT2D eigenvalue weighted by atomic mass is 10.2. The molecule has 2 rings (SSSR count). The summed E-state index contributed by atoms with van der Waals surface area (Å²) in [5, 5.41) is 12.1. The normalized spacial score (nSPS) is 10.3. The molecule has 0 aliphatic carbocycles. The quantitative estimate of drug-likeness (QED) is 0.427. The Labute approximate surface area is 129 Å². The molecule has 0 atom stereocenters. The van der Waals surface area contributed by atoms with Crippen molar-refractivity contribution < 1.29 is 9.66 Å². The topological polar surface area (TPSA) is 52.4 Å². The Morgan fingerprint density at radius 3 is 2.65 bits per heavy atom. The van der Waals surface area contributed by atoms with E-state index in [0.717, 1.165) is 5.56 Å². The van der Waals surface area contributed by atoms with Crippen LogP contribution in [-0.4, -0.2) is 4.92 Å². The SMILES string of the molecule is Cc1c(Oc2ccc(CBr)cc2Cl)cccc1[N+](=O)[O-]. The van der Waals surface area contributed by atoms with E-state index in [1.165, 1.54) is 6.07 Å². The lowest BCUT2D eigenvalue weighted by Gasteiger charge is -2.10. The molecular formula is C14H11BrClNO3. The molecule has 0 heterocycles. The second kappa shape index (κ2) is 6.24. The molecule has 0 saturated carbocycles. The van der Waals surface area contributed by atoms with E-state index in [0.29, 0.717) is 27.4 Å². The van der Waals surface area contributed by atoms with Crippen LogP contribution in [0.15, 0.2) is 36.4 Å². The van der Waals surface area contributed by atoms with E-state index in [-0.39, 0.29) is 5.69 Å². The summed E-state index contributed by atoms with van der Waals surface area (Å²) < 4.78 is 5.68. The van der Waals surface area contributed by atoms with Crippen LogP contribution in [0.4, 0.5) is 5.69 Å². The van der Waals surface area contributed by atoms with Gasteiger partial charge in [0.2, 0.25) is 0 Å². The lowest BCUT2D eigenvalue weighted by molar-refractivity contribution is -0.385. The van der Waals surface area contributed by atoms with Crippen LogP contribution in [0, 0.1) is 17.0 Å². The maximum atomic E-state index is 10.9. The van der Waals surface area contributed by atoms with Crippen molar-refractivity contribution in [3.63, 3.8) is 0 Å². The number of halogens is 2. The first-order chi connectivity index (χ1) is 9.52. The van der Waals surface area contributed by atoms with Crippen LogP contribution < -0.4 is 4.74 Å². The van der Waals surface area contributed by atoms with Crippen LogP contribution in [0.3, 0.4) is 0 Å².